The third kappa shape index (κ3) is 4.21. The second kappa shape index (κ2) is 11.4. The van der Waals surface area contributed by atoms with Gasteiger partial charge in [-0.05, 0) is 102 Å². The molecule has 13 aromatic rings. The fourth-order valence-electron chi connectivity index (χ4n) is 9.29. The van der Waals surface area contributed by atoms with Crippen molar-refractivity contribution >= 4 is 82.6 Å². The fraction of sp³-hybridized carbons (Fsp3) is 0. The van der Waals surface area contributed by atoms with Gasteiger partial charge in [-0.3, -0.25) is 4.40 Å². The monoisotopic (exact) mass is 729 g/mol. The standard InChI is InChI=1S/C51H31N5O/c1-3-13-34(14-4-1)53-43-20-10-7-17-37(43)40-29-32(23-26-45(40)53)33-24-27-46-41(30-33)38-18-8-11-21-44(38)54(46)36-25-28-47-42(31-36)52-51-55(35-15-5-2-6-16-35)50-49(56(47)51)39-19-9-12-22-48(39)57-50/h1-31H. The van der Waals surface area contributed by atoms with Crippen molar-refractivity contribution in [2.75, 3.05) is 0 Å². The number of para-hydroxylation sites is 5. The quantitative estimate of drug-likeness (QED) is 0.181. The Morgan fingerprint density at radius 1 is 0.368 bits per heavy atom. The molecule has 0 spiro atoms. The lowest BCUT2D eigenvalue weighted by atomic mass is 10.0. The summed E-state index contributed by atoms with van der Waals surface area (Å²) in [5.41, 5.74) is 15.0. The van der Waals surface area contributed by atoms with Crippen molar-refractivity contribution in [3.05, 3.63) is 188 Å². The summed E-state index contributed by atoms with van der Waals surface area (Å²) in [5.74, 6) is 0.823. The van der Waals surface area contributed by atoms with Crippen molar-refractivity contribution in [3.63, 3.8) is 0 Å². The minimum Gasteiger partial charge on any atom is -0.437 e. The van der Waals surface area contributed by atoms with Crippen LogP contribution in [0, 0.1) is 0 Å². The van der Waals surface area contributed by atoms with Crippen LogP contribution in [0.1, 0.15) is 0 Å². The van der Waals surface area contributed by atoms with E-state index in [-0.39, 0.29) is 0 Å². The van der Waals surface area contributed by atoms with E-state index >= 15 is 0 Å². The molecule has 0 radical (unpaired) electrons. The van der Waals surface area contributed by atoms with Crippen LogP contribution in [0.5, 0.6) is 0 Å². The summed E-state index contributed by atoms with van der Waals surface area (Å²) in [6.07, 6.45) is 0. The number of imidazole rings is 2. The Bertz CT molecular complexity index is 3750. The summed E-state index contributed by atoms with van der Waals surface area (Å²) in [5, 5.41) is 5.99. The second-order valence-electron chi connectivity index (χ2n) is 14.8. The van der Waals surface area contributed by atoms with Crippen LogP contribution >= 0.6 is 0 Å². The highest BCUT2D eigenvalue weighted by Crippen LogP contribution is 2.40. The molecule has 0 amide bonds. The van der Waals surface area contributed by atoms with Crippen molar-refractivity contribution in [2.24, 2.45) is 0 Å². The van der Waals surface area contributed by atoms with E-state index in [4.69, 9.17) is 9.40 Å². The molecule has 0 aliphatic carbocycles. The zero-order chi connectivity index (χ0) is 37.2. The zero-order valence-electron chi connectivity index (χ0n) is 30.5. The molecule has 0 aliphatic heterocycles. The van der Waals surface area contributed by atoms with Gasteiger partial charge >= 0.3 is 0 Å². The maximum absolute atomic E-state index is 6.51. The molecule has 6 heteroatoms. The Hall–Kier alpha value is -7.83. The first-order valence-corrected chi connectivity index (χ1v) is 19.3. The van der Waals surface area contributed by atoms with Gasteiger partial charge in [-0.15, -0.1) is 0 Å². The van der Waals surface area contributed by atoms with Gasteiger partial charge in [-0.25, -0.2) is 9.55 Å². The van der Waals surface area contributed by atoms with Gasteiger partial charge in [0.1, 0.15) is 11.1 Å². The smallest absolute Gasteiger partial charge is 0.232 e. The van der Waals surface area contributed by atoms with E-state index in [0.717, 1.165) is 67.1 Å². The lowest BCUT2D eigenvalue weighted by molar-refractivity contribution is 0.645. The summed E-state index contributed by atoms with van der Waals surface area (Å²) >= 11 is 0. The summed E-state index contributed by atoms with van der Waals surface area (Å²) in [7, 11) is 0. The van der Waals surface area contributed by atoms with Crippen molar-refractivity contribution in [3.8, 4) is 28.2 Å². The number of benzene rings is 8. The largest absolute Gasteiger partial charge is 0.437 e. The average molecular weight is 730 g/mol. The van der Waals surface area contributed by atoms with Crippen LogP contribution in [0.15, 0.2) is 192 Å². The highest BCUT2D eigenvalue weighted by atomic mass is 16.3. The van der Waals surface area contributed by atoms with Gasteiger partial charge in [0.15, 0.2) is 0 Å². The molecule has 0 saturated carbocycles. The molecule has 0 N–H and O–H groups in total. The SMILES string of the molecule is c1ccc(-n2c3ccccc3c3cc(-c4ccc5c(c4)c4ccccc4n5-c4ccc5c(c4)nc4n(-c6ccccc6)c6oc7ccccc7c6n54)ccc32)cc1. The van der Waals surface area contributed by atoms with Crippen LogP contribution in [0.2, 0.25) is 0 Å². The molecule has 0 aliphatic rings. The third-order valence-electron chi connectivity index (χ3n) is 11.8. The summed E-state index contributed by atoms with van der Waals surface area (Å²) in [6.45, 7) is 0. The molecule has 5 aromatic heterocycles. The first-order valence-electron chi connectivity index (χ1n) is 19.3. The van der Waals surface area contributed by atoms with E-state index in [1.54, 1.807) is 0 Å². The molecule has 8 aromatic carbocycles. The number of aromatic nitrogens is 5. The molecule has 0 fully saturated rings. The first-order chi connectivity index (χ1) is 28.3. The number of hydrogen-bond acceptors (Lipinski definition) is 2. The number of rotatable bonds is 4. The molecule has 13 rings (SSSR count). The van der Waals surface area contributed by atoms with Gasteiger partial charge in [-0.1, -0.05) is 97.1 Å². The van der Waals surface area contributed by atoms with Gasteiger partial charge in [0.25, 0.3) is 0 Å². The third-order valence-corrected chi connectivity index (χ3v) is 11.8. The highest BCUT2D eigenvalue weighted by molar-refractivity contribution is 6.13. The lowest BCUT2D eigenvalue weighted by Crippen LogP contribution is -1.94. The van der Waals surface area contributed by atoms with E-state index in [0.29, 0.717) is 0 Å². The van der Waals surface area contributed by atoms with Crippen LogP contribution in [-0.4, -0.2) is 23.1 Å². The molecule has 0 atom stereocenters. The minimum atomic E-state index is 0.787. The highest BCUT2D eigenvalue weighted by Gasteiger charge is 2.24. The van der Waals surface area contributed by atoms with Gasteiger partial charge in [-0.2, -0.15) is 0 Å². The second-order valence-corrected chi connectivity index (χ2v) is 14.8. The van der Waals surface area contributed by atoms with Crippen LogP contribution in [0.3, 0.4) is 0 Å². The van der Waals surface area contributed by atoms with E-state index in [1.165, 1.54) is 43.7 Å². The van der Waals surface area contributed by atoms with Gasteiger partial charge in [0, 0.05) is 38.3 Å². The van der Waals surface area contributed by atoms with E-state index in [9.17, 15) is 0 Å². The van der Waals surface area contributed by atoms with Crippen molar-refractivity contribution in [1.29, 1.82) is 0 Å². The maximum atomic E-state index is 6.51. The number of nitrogens with zero attached hydrogens (tertiary/aromatic N) is 5. The Morgan fingerprint density at radius 2 is 0.877 bits per heavy atom. The van der Waals surface area contributed by atoms with Crippen LogP contribution < -0.4 is 0 Å². The summed E-state index contributed by atoms with van der Waals surface area (Å²) < 4.78 is 15.6. The molecular formula is C51H31N5O. The first kappa shape index (κ1) is 30.5. The fourth-order valence-corrected chi connectivity index (χ4v) is 9.29. The van der Waals surface area contributed by atoms with E-state index < -0.39 is 0 Å². The number of hydrogen-bond donors (Lipinski definition) is 0. The average Bonchev–Trinajstić information content (AvgIpc) is 4.06. The molecule has 0 bridgehead atoms. The van der Waals surface area contributed by atoms with Crippen molar-refractivity contribution < 1.29 is 4.42 Å². The number of fused-ring (bicyclic) bond motifs is 13. The lowest BCUT2D eigenvalue weighted by Gasteiger charge is -2.09. The minimum absolute atomic E-state index is 0.787. The van der Waals surface area contributed by atoms with Gasteiger partial charge in [0.05, 0.1) is 38.8 Å². The van der Waals surface area contributed by atoms with Crippen molar-refractivity contribution in [1.82, 2.24) is 23.1 Å². The zero-order valence-corrected chi connectivity index (χ0v) is 30.5. The van der Waals surface area contributed by atoms with Crippen molar-refractivity contribution in [2.45, 2.75) is 0 Å². The molecule has 0 saturated heterocycles. The van der Waals surface area contributed by atoms with Gasteiger partial charge in [0.2, 0.25) is 11.5 Å². The van der Waals surface area contributed by atoms with Gasteiger partial charge < -0.3 is 13.6 Å². The normalized spacial score (nSPS) is 12.2. The Labute approximate surface area is 325 Å². The maximum Gasteiger partial charge on any atom is 0.232 e. The van der Waals surface area contributed by atoms with Crippen LogP contribution in [0.25, 0.3) is 111 Å². The Morgan fingerprint density at radius 3 is 1.53 bits per heavy atom. The van der Waals surface area contributed by atoms with Crippen LogP contribution in [-0.2, 0) is 0 Å². The predicted molar refractivity (Wildman–Crippen MR) is 233 cm³/mol. The molecular weight excluding hydrogens is 699 g/mol. The van der Waals surface area contributed by atoms with Crippen LogP contribution in [0.4, 0.5) is 0 Å². The Balaban J connectivity index is 0.997. The molecule has 266 valence electrons. The molecule has 57 heavy (non-hydrogen) atoms. The van der Waals surface area contributed by atoms with E-state index in [1.807, 2.05) is 18.2 Å². The molecule has 6 nitrogen and oxygen atoms in total. The molecule has 5 heterocycles. The summed E-state index contributed by atoms with van der Waals surface area (Å²) in [6, 6.07) is 67.1. The number of furan rings is 1. The topological polar surface area (TPSA) is 45.2 Å². The predicted octanol–water partition coefficient (Wildman–Crippen LogP) is 13.0. The van der Waals surface area contributed by atoms with E-state index in [2.05, 4.69) is 188 Å². The Kier molecular flexibility index (Phi) is 6.07. The molecule has 0 unspecified atom stereocenters. The summed E-state index contributed by atoms with van der Waals surface area (Å²) in [4.78, 5) is 5.31.